The number of ketones is 4. The summed E-state index contributed by atoms with van der Waals surface area (Å²) in [5.41, 5.74) is 7.87. The maximum absolute atomic E-state index is 12.2. The topological polar surface area (TPSA) is 340 Å². The number of hydrogen-bond donors (Lipinski definition) is 5. The number of amides is 6. The van der Waals surface area contributed by atoms with E-state index in [1.54, 1.807) is 72.8 Å². The molecule has 2 aliphatic heterocycles. The Hall–Kier alpha value is -9.24. The predicted molar refractivity (Wildman–Crippen MR) is 235 cm³/mol. The monoisotopic (exact) mass is 902 g/mol. The number of primary amides is 1. The van der Waals surface area contributed by atoms with Gasteiger partial charge >= 0.3 is 17.8 Å². The summed E-state index contributed by atoms with van der Waals surface area (Å²) in [6.45, 7) is 4.49. The Balaban J connectivity index is 0.000000304. The van der Waals surface area contributed by atoms with Gasteiger partial charge in [0.05, 0.1) is 34.7 Å². The Kier molecular flexibility index (Phi) is 20.5. The van der Waals surface area contributed by atoms with E-state index in [9.17, 15) is 57.5 Å². The second kappa shape index (κ2) is 25.6. The second-order valence-electron chi connectivity index (χ2n) is 12.9. The highest BCUT2D eigenvalue weighted by atomic mass is 16.6. The SMILES string of the molecule is CC(=O)N1C(=O)C(=O)c2ccccc21.CC(=O)Nc1ccccc1C(=O)C(=O)CNC(=O)c1ccncc1.CC(=O)OC(C)=O.N.NC(=O)c1ccncc1.O=C1Nc2ccccc2C1=O. The second-order valence-corrected chi connectivity index (χ2v) is 12.9. The van der Waals surface area contributed by atoms with Crippen molar-refractivity contribution in [2.45, 2.75) is 27.7 Å². The van der Waals surface area contributed by atoms with Crippen molar-refractivity contribution in [1.82, 2.24) is 21.4 Å². The van der Waals surface area contributed by atoms with E-state index in [1.165, 1.54) is 76.7 Å². The smallest absolute Gasteiger partial charge is 0.310 e. The molecule has 21 heteroatoms. The Morgan fingerprint density at radius 2 is 1.17 bits per heavy atom. The summed E-state index contributed by atoms with van der Waals surface area (Å²) in [5, 5.41) is 7.34. The first kappa shape index (κ1) is 52.9. The fraction of sp³-hybridized carbons (Fsp3) is 0.111. The van der Waals surface area contributed by atoms with Crippen LogP contribution in [0.4, 0.5) is 17.1 Å². The average molecular weight is 903 g/mol. The van der Waals surface area contributed by atoms with Crippen molar-refractivity contribution in [2.24, 2.45) is 5.73 Å². The lowest BCUT2D eigenvalue weighted by atomic mass is 10.0. The van der Waals surface area contributed by atoms with E-state index in [1.807, 2.05) is 0 Å². The molecule has 2 aliphatic rings. The van der Waals surface area contributed by atoms with Crippen molar-refractivity contribution in [1.29, 1.82) is 0 Å². The van der Waals surface area contributed by atoms with E-state index in [4.69, 9.17) is 5.73 Å². The number of imide groups is 1. The number of benzene rings is 3. The molecule has 0 fully saturated rings. The molecule has 0 unspecified atom stereocenters. The number of anilines is 3. The molecule has 340 valence electrons. The number of carbonyl (C=O) groups is 12. The van der Waals surface area contributed by atoms with Crippen LogP contribution in [-0.2, 0) is 38.3 Å². The van der Waals surface area contributed by atoms with Crippen molar-refractivity contribution >= 4 is 87.6 Å². The Bertz CT molecular complexity index is 2660. The molecular formula is C45H42N8O13. The number of Topliss-reactive ketones (excluding diaryl/α,β-unsaturated/α-hetero) is 4. The van der Waals surface area contributed by atoms with Crippen LogP contribution < -0.4 is 32.7 Å². The predicted octanol–water partition coefficient (Wildman–Crippen LogP) is 3.24. The van der Waals surface area contributed by atoms with E-state index in [0.717, 1.165) is 4.90 Å². The molecule has 66 heavy (non-hydrogen) atoms. The highest BCUT2D eigenvalue weighted by molar-refractivity contribution is 6.56. The Morgan fingerprint density at radius 3 is 1.67 bits per heavy atom. The molecule has 3 aromatic carbocycles. The minimum atomic E-state index is -0.783. The van der Waals surface area contributed by atoms with Crippen LogP contribution >= 0.6 is 0 Å². The zero-order valence-corrected chi connectivity index (χ0v) is 35.7. The summed E-state index contributed by atoms with van der Waals surface area (Å²) in [5.74, 6) is -6.74. The van der Waals surface area contributed by atoms with Crippen molar-refractivity contribution in [3.05, 3.63) is 150 Å². The molecule has 6 amide bonds. The largest absolute Gasteiger partial charge is 0.394 e. The third kappa shape index (κ3) is 15.6. The Morgan fingerprint density at radius 1 is 0.652 bits per heavy atom. The quantitative estimate of drug-likeness (QED) is 0.0677. The lowest BCUT2D eigenvalue weighted by Crippen LogP contribution is -2.33. The molecule has 0 saturated heterocycles. The fourth-order valence-electron chi connectivity index (χ4n) is 5.29. The normalized spacial score (nSPS) is 11.1. The molecule has 8 N–H and O–H groups in total. The van der Waals surface area contributed by atoms with Crippen molar-refractivity contribution in [2.75, 3.05) is 22.1 Å². The number of nitrogens with zero attached hydrogens (tertiary/aromatic N) is 3. The summed E-state index contributed by atoms with van der Waals surface area (Å²) in [4.78, 5) is 141. The number of nitrogens with one attached hydrogen (secondary N) is 3. The number of fused-ring (bicyclic) bond motifs is 2. The molecule has 2 aromatic heterocycles. The molecule has 4 heterocycles. The van der Waals surface area contributed by atoms with E-state index in [-0.39, 0.29) is 23.3 Å². The van der Waals surface area contributed by atoms with Gasteiger partial charge < -0.3 is 32.6 Å². The van der Waals surface area contributed by atoms with Gasteiger partial charge in [-0.25, -0.2) is 4.90 Å². The van der Waals surface area contributed by atoms with Crippen molar-refractivity contribution in [3.8, 4) is 0 Å². The highest BCUT2D eigenvalue weighted by Crippen LogP contribution is 2.28. The molecule has 21 nitrogen and oxygen atoms in total. The summed E-state index contributed by atoms with van der Waals surface area (Å²) in [6, 6.07) is 25.6. The van der Waals surface area contributed by atoms with Crippen LogP contribution in [0.1, 0.15) is 79.5 Å². The maximum Gasteiger partial charge on any atom is 0.310 e. The lowest BCUT2D eigenvalue weighted by Gasteiger charge is -2.10. The van der Waals surface area contributed by atoms with Gasteiger partial charge in [-0.05, 0) is 60.7 Å². The van der Waals surface area contributed by atoms with Crippen LogP contribution in [0, 0.1) is 0 Å². The van der Waals surface area contributed by atoms with E-state index in [2.05, 4.69) is 30.7 Å². The van der Waals surface area contributed by atoms with Crippen LogP contribution in [0.5, 0.6) is 0 Å². The van der Waals surface area contributed by atoms with Gasteiger partial charge in [0.2, 0.25) is 29.3 Å². The number of para-hydroxylation sites is 3. The van der Waals surface area contributed by atoms with Gasteiger partial charge in [0.1, 0.15) is 0 Å². The highest BCUT2D eigenvalue weighted by Gasteiger charge is 2.37. The first-order chi connectivity index (χ1) is 30.8. The van der Waals surface area contributed by atoms with Crippen LogP contribution in [-0.4, -0.2) is 87.0 Å². The molecule has 0 aliphatic carbocycles. The summed E-state index contributed by atoms with van der Waals surface area (Å²) < 4.78 is 3.97. The van der Waals surface area contributed by atoms with Crippen molar-refractivity contribution in [3.63, 3.8) is 0 Å². The molecule has 0 spiro atoms. The minimum absolute atomic E-state index is 0. The minimum Gasteiger partial charge on any atom is -0.394 e. The number of rotatable bonds is 7. The maximum atomic E-state index is 12.2. The summed E-state index contributed by atoms with van der Waals surface area (Å²) in [6.07, 6.45) is 5.96. The van der Waals surface area contributed by atoms with E-state index >= 15 is 0 Å². The number of esters is 2. The van der Waals surface area contributed by atoms with Gasteiger partial charge in [0.15, 0.2) is 0 Å². The zero-order valence-electron chi connectivity index (χ0n) is 35.7. The molecule has 5 aromatic rings. The average Bonchev–Trinajstić information content (AvgIpc) is 3.72. The zero-order chi connectivity index (χ0) is 48.2. The molecule has 0 bridgehead atoms. The Labute approximate surface area is 375 Å². The first-order valence-electron chi connectivity index (χ1n) is 18.8. The van der Waals surface area contributed by atoms with Gasteiger partial charge in [-0.1, -0.05) is 36.4 Å². The first-order valence-corrected chi connectivity index (χ1v) is 18.8. The lowest BCUT2D eigenvalue weighted by molar-refractivity contribution is -0.156. The molecule has 0 radical (unpaired) electrons. The van der Waals surface area contributed by atoms with Gasteiger partial charge in [0.25, 0.3) is 23.4 Å². The van der Waals surface area contributed by atoms with Crippen molar-refractivity contribution < 1.29 is 62.3 Å². The molecule has 0 saturated carbocycles. The van der Waals surface area contributed by atoms with Crippen LogP contribution in [0.3, 0.4) is 0 Å². The summed E-state index contributed by atoms with van der Waals surface area (Å²) in [7, 11) is 0. The van der Waals surface area contributed by atoms with E-state index in [0.29, 0.717) is 33.6 Å². The third-order valence-electron chi connectivity index (χ3n) is 8.07. The van der Waals surface area contributed by atoms with Crippen LogP contribution in [0.2, 0.25) is 0 Å². The number of hydrogen-bond acceptors (Lipinski definition) is 16. The third-order valence-corrected chi connectivity index (χ3v) is 8.07. The number of aromatic nitrogens is 2. The standard InChI is InChI=1S/C17H15N3O4.C10H7NO3.C8H5NO2.C6H6N2O.C4H6O3.H3N/c1-11(21)20-14-5-3-2-4-13(14)16(23)15(22)10-19-17(24)12-6-8-18-9-7-12;1-6(12)11-8-5-3-2-4-7(8)9(13)10(11)14;10-7-5-3-1-2-4-6(5)9-8(7)11;7-6(9)5-1-3-8-4-2-5;1-3(5)7-4(2)6;/h2-9H,10H2,1H3,(H,19,24)(H,20,21);2-5H,1H3;1-4H,(H,9,10,11);1-4H,(H2,7,9);1-2H3;1H3. The van der Waals surface area contributed by atoms with Gasteiger partial charge in [-0.3, -0.25) is 67.5 Å². The summed E-state index contributed by atoms with van der Waals surface area (Å²) >= 11 is 0. The number of nitrogens with two attached hydrogens (primary N) is 1. The number of ether oxygens (including phenoxy) is 1. The van der Waals surface area contributed by atoms with Crippen LogP contribution in [0.15, 0.2) is 122 Å². The molecular weight excluding hydrogens is 861 g/mol. The van der Waals surface area contributed by atoms with Gasteiger partial charge in [-0.2, -0.15) is 0 Å². The van der Waals surface area contributed by atoms with Crippen LogP contribution in [0.25, 0.3) is 0 Å². The van der Waals surface area contributed by atoms with Gasteiger partial charge in [-0.15, -0.1) is 0 Å². The molecule has 7 rings (SSSR count). The van der Waals surface area contributed by atoms with E-state index < -0.39 is 71.2 Å². The number of carbonyl (C=O) groups excluding carboxylic acids is 12. The van der Waals surface area contributed by atoms with Gasteiger partial charge in [0, 0.05) is 69.2 Å². The number of pyridine rings is 2. The molecule has 0 atom stereocenters. The fourth-order valence-corrected chi connectivity index (χ4v) is 5.29.